The van der Waals surface area contributed by atoms with Crippen LogP contribution in [0, 0.1) is 11.7 Å². The van der Waals surface area contributed by atoms with E-state index < -0.39 is 5.82 Å². The third-order valence-corrected chi connectivity index (χ3v) is 4.49. The van der Waals surface area contributed by atoms with Gasteiger partial charge in [-0.05, 0) is 24.1 Å². The Bertz CT molecular complexity index is 797. The topological polar surface area (TPSA) is 82.4 Å². The Morgan fingerprint density at radius 2 is 2.23 bits per heavy atom. The molecule has 2 amide bonds. The lowest BCUT2D eigenvalue weighted by Gasteiger charge is -2.27. The summed E-state index contributed by atoms with van der Waals surface area (Å²) in [5, 5.41) is 19.4. The highest BCUT2D eigenvalue weighted by Gasteiger charge is 2.22. The summed E-state index contributed by atoms with van der Waals surface area (Å²) in [5.74, 6) is 0.341. The normalized spacial score (nSPS) is 14.7. The molecule has 0 saturated heterocycles. The first-order valence-electron chi connectivity index (χ1n) is 8.38. The van der Waals surface area contributed by atoms with Crippen molar-refractivity contribution in [1.82, 2.24) is 14.7 Å². The standard InChI is InChI=1S/C17H21ClFN5O2/c1-11(10-25)8-20-16-7-13-9-23(4-5-24(13)22-16)17(26)21-12-2-3-15(19)14(18)6-12/h2-3,6-7,11,25H,4-5,8-10H2,1H3,(H,20,22)(H,21,26). The maximum absolute atomic E-state index is 13.2. The van der Waals surface area contributed by atoms with Crippen LogP contribution in [0.2, 0.25) is 5.02 Å². The Hall–Kier alpha value is -2.32. The molecule has 0 aliphatic carbocycles. The lowest BCUT2D eigenvalue weighted by molar-refractivity contribution is 0.194. The van der Waals surface area contributed by atoms with Crippen LogP contribution in [0.5, 0.6) is 0 Å². The quantitative estimate of drug-likeness (QED) is 0.743. The fraction of sp³-hybridized carbons (Fsp3) is 0.412. The molecule has 0 bridgehead atoms. The summed E-state index contributed by atoms with van der Waals surface area (Å²) in [4.78, 5) is 14.1. The lowest BCUT2D eigenvalue weighted by atomic mass is 10.2. The van der Waals surface area contributed by atoms with Gasteiger partial charge in [-0.1, -0.05) is 18.5 Å². The Kier molecular flexibility index (Phi) is 5.63. The van der Waals surface area contributed by atoms with E-state index in [9.17, 15) is 9.18 Å². The summed E-state index contributed by atoms with van der Waals surface area (Å²) in [5.41, 5.74) is 1.36. The number of nitrogens with one attached hydrogen (secondary N) is 2. The first kappa shape index (κ1) is 18.5. The molecule has 1 aromatic carbocycles. The Labute approximate surface area is 155 Å². The molecule has 9 heteroatoms. The number of halogens is 2. The van der Waals surface area contributed by atoms with Gasteiger partial charge in [0.2, 0.25) is 0 Å². The van der Waals surface area contributed by atoms with Crippen molar-refractivity contribution >= 4 is 29.1 Å². The van der Waals surface area contributed by atoms with Crippen molar-refractivity contribution in [2.24, 2.45) is 5.92 Å². The highest BCUT2D eigenvalue weighted by molar-refractivity contribution is 6.31. The molecule has 0 fully saturated rings. The van der Waals surface area contributed by atoms with E-state index in [0.29, 0.717) is 31.9 Å². The maximum atomic E-state index is 13.2. The molecule has 1 aromatic heterocycles. The van der Waals surface area contributed by atoms with Gasteiger partial charge in [0.1, 0.15) is 11.6 Å². The van der Waals surface area contributed by atoms with Crippen molar-refractivity contribution in [3.63, 3.8) is 0 Å². The minimum absolute atomic E-state index is 0.0349. The van der Waals surface area contributed by atoms with Crippen molar-refractivity contribution < 1.29 is 14.3 Å². The molecular formula is C17H21ClFN5O2. The van der Waals surface area contributed by atoms with Crippen LogP contribution < -0.4 is 10.6 Å². The van der Waals surface area contributed by atoms with E-state index in [1.54, 1.807) is 4.90 Å². The van der Waals surface area contributed by atoms with Gasteiger partial charge in [-0.25, -0.2) is 9.18 Å². The predicted octanol–water partition coefficient (Wildman–Crippen LogP) is 2.76. The van der Waals surface area contributed by atoms with Crippen LogP contribution in [0.15, 0.2) is 24.3 Å². The predicted molar refractivity (Wildman–Crippen MR) is 97.8 cm³/mol. The summed E-state index contributed by atoms with van der Waals surface area (Å²) >= 11 is 5.74. The zero-order chi connectivity index (χ0) is 18.7. The van der Waals surface area contributed by atoms with E-state index in [1.807, 2.05) is 17.7 Å². The molecule has 1 atom stereocenters. The summed E-state index contributed by atoms with van der Waals surface area (Å²) in [6.45, 7) is 4.21. The molecule has 0 saturated carbocycles. The second-order valence-electron chi connectivity index (χ2n) is 6.39. The van der Waals surface area contributed by atoms with E-state index in [1.165, 1.54) is 18.2 Å². The van der Waals surface area contributed by atoms with Crippen LogP contribution in [0.1, 0.15) is 12.6 Å². The summed E-state index contributed by atoms with van der Waals surface area (Å²) < 4.78 is 15.1. The number of fused-ring (bicyclic) bond motifs is 1. The second-order valence-corrected chi connectivity index (χ2v) is 6.80. The average molecular weight is 382 g/mol. The average Bonchev–Trinajstić information content (AvgIpc) is 3.04. The van der Waals surface area contributed by atoms with E-state index in [-0.39, 0.29) is 23.6 Å². The molecule has 3 rings (SSSR count). The molecule has 140 valence electrons. The zero-order valence-corrected chi connectivity index (χ0v) is 15.1. The van der Waals surface area contributed by atoms with Crippen LogP contribution in [0.25, 0.3) is 0 Å². The molecule has 2 heterocycles. The molecule has 7 nitrogen and oxygen atoms in total. The number of nitrogens with zero attached hydrogens (tertiary/aromatic N) is 3. The van der Waals surface area contributed by atoms with Crippen LogP contribution >= 0.6 is 11.6 Å². The number of aliphatic hydroxyl groups excluding tert-OH is 1. The molecule has 0 spiro atoms. The van der Waals surface area contributed by atoms with Gasteiger partial charge < -0.3 is 20.6 Å². The number of urea groups is 1. The third-order valence-electron chi connectivity index (χ3n) is 4.20. The molecular weight excluding hydrogens is 361 g/mol. The van der Waals surface area contributed by atoms with E-state index >= 15 is 0 Å². The van der Waals surface area contributed by atoms with E-state index in [2.05, 4.69) is 15.7 Å². The van der Waals surface area contributed by atoms with Gasteiger partial charge in [0.15, 0.2) is 0 Å². The van der Waals surface area contributed by atoms with Crippen molar-refractivity contribution in [2.45, 2.75) is 20.0 Å². The molecule has 1 unspecified atom stereocenters. The molecule has 3 N–H and O–H groups in total. The van der Waals surface area contributed by atoms with Crippen LogP contribution in [-0.4, -0.2) is 45.5 Å². The Morgan fingerprint density at radius 1 is 1.42 bits per heavy atom. The van der Waals surface area contributed by atoms with E-state index in [4.69, 9.17) is 16.7 Å². The van der Waals surface area contributed by atoms with Gasteiger partial charge in [0, 0.05) is 31.5 Å². The summed E-state index contributed by atoms with van der Waals surface area (Å²) in [6, 6.07) is 5.70. The minimum atomic E-state index is -0.526. The fourth-order valence-corrected chi connectivity index (χ4v) is 2.83. The minimum Gasteiger partial charge on any atom is -0.396 e. The monoisotopic (exact) mass is 381 g/mol. The van der Waals surface area contributed by atoms with Gasteiger partial charge in [0.25, 0.3) is 0 Å². The SMILES string of the molecule is CC(CO)CNc1cc2n(n1)CCN(C(=O)Nc1ccc(F)c(Cl)c1)C2. The highest BCUT2D eigenvalue weighted by Crippen LogP contribution is 2.21. The van der Waals surface area contributed by atoms with Crippen molar-refractivity contribution in [2.75, 3.05) is 30.3 Å². The Balaban J connectivity index is 1.61. The number of carbonyl (C=O) groups excluding carboxylic acids is 1. The van der Waals surface area contributed by atoms with Gasteiger partial charge in [0.05, 0.1) is 23.8 Å². The number of anilines is 2. The summed E-state index contributed by atoms with van der Waals surface area (Å²) in [7, 11) is 0. The van der Waals surface area contributed by atoms with Crippen molar-refractivity contribution in [1.29, 1.82) is 0 Å². The number of rotatable bonds is 5. The second kappa shape index (κ2) is 7.92. The van der Waals surface area contributed by atoms with Gasteiger partial charge in [-0.3, -0.25) is 4.68 Å². The van der Waals surface area contributed by atoms with Gasteiger partial charge in [-0.15, -0.1) is 0 Å². The zero-order valence-electron chi connectivity index (χ0n) is 14.4. The highest BCUT2D eigenvalue weighted by atomic mass is 35.5. The van der Waals surface area contributed by atoms with Crippen LogP contribution in [0.4, 0.5) is 20.7 Å². The fourth-order valence-electron chi connectivity index (χ4n) is 2.65. The number of aromatic nitrogens is 2. The first-order chi connectivity index (χ1) is 12.5. The first-order valence-corrected chi connectivity index (χ1v) is 8.76. The number of carbonyl (C=O) groups is 1. The smallest absolute Gasteiger partial charge is 0.322 e. The van der Waals surface area contributed by atoms with Crippen LogP contribution in [0.3, 0.4) is 0 Å². The van der Waals surface area contributed by atoms with Crippen molar-refractivity contribution in [3.05, 3.63) is 40.8 Å². The molecule has 2 aromatic rings. The van der Waals surface area contributed by atoms with Gasteiger partial charge in [-0.2, -0.15) is 5.10 Å². The summed E-state index contributed by atoms with van der Waals surface area (Å²) in [6.07, 6.45) is 0. The maximum Gasteiger partial charge on any atom is 0.322 e. The van der Waals surface area contributed by atoms with Crippen molar-refractivity contribution in [3.8, 4) is 0 Å². The molecule has 1 aliphatic heterocycles. The van der Waals surface area contributed by atoms with E-state index in [0.717, 1.165) is 11.5 Å². The third kappa shape index (κ3) is 4.25. The number of hydrogen-bond donors (Lipinski definition) is 3. The number of amides is 2. The number of aliphatic hydroxyl groups is 1. The Morgan fingerprint density at radius 3 is 2.96 bits per heavy atom. The number of hydrogen-bond acceptors (Lipinski definition) is 4. The molecule has 1 aliphatic rings. The molecule has 26 heavy (non-hydrogen) atoms. The number of benzene rings is 1. The largest absolute Gasteiger partial charge is 0.396 e. The lowest BCUT2D eigenvalue weighted by Crippen LogP contribution is -2.40. The molecule has 0 radical (unpaired) electrons. The van der Waals surface area contributed by atoms with Crippen LogP contribution in [-0.2, 0) is 13.1 Å². The van der Waals surface area contributed by atoms with Gasteiger partial charge >= 0.3 is 6.03 Å².